The molecule has 0 saturated carbocycles. The summed E-state index contributed by atoms with van der Waals surface area (Å²) in [5, 5.41) is 16.0. The summed E-state index contributed by atoms with van der Waals surface area (Å²) < 4.78 is 35.7. The first-order chi connectivity index (χ1) is 8.80. The molecule has 0 spiro atoms. The zero-order chi connectivity index (χ0) is 14.2. The molecule has 1 aromatic carbocycles. The molecule has 0 saturated heterocycles. The topological polar surface area (TPSA) is 105 Å². The minimum absolute atomic E-state index is 0.0778. The summed E-state index contributed by atoms with van der Waals surface area (Å²) in [6, 6.07) is 6.16. The first-order valence-electron chi connectivity index (χ1n) is 5.02. The Morgan fingerprint density at radius 3 is 2.26 bits per heavy atom. The Hall–Kier alpha value is -2.19. The molecule has 1 heterocycles. The molecule has 0 amide bonds. The van der Waals surface area contributed by atoms with Crippen molar-refractivity contribution >= 4 is 16.2 Å². The molecule has 100 valence electrons. The Balaban J connectivity index is 2.69. The van der Waals surface area contributed by atoms with E-state index in [9.17, 15) is 22.7 Å². The molecular formula is C11H8FN2O4S-. The monoisotopic (exact) mass is 283 g/mol. The van der Waals surface area contributed by atoms with Crippen LogP contribution in [0.3, 0.4) is 0 Å². The van der Waals surface area contributed by atoms with Crippen molar-refractivity contribution in [1.29, 1.82) is 0 Å². The van der Waals surface area contributed by atoms with Crippen molar-refractivity contribution in [2.24, 2.45) is 5.14 Å². The Kier molecular flexibility index (Phi) is 3.13. The highest BCUT2D eigenvalue weighted by Gasteiger charge is 2.18. The molecule has 0 bridgehead atoms. The molecule has 0 unspecified atom stereocenters. The molecule has 8 heteroatoms. The maximum Gasteiger partial charge on any atom is 0.302 e. The maximum absolute atomic E-state index is 12.8. The minimum Gasteiger partial charge on any atom is -0.543 e. The Morgan fingerprint density at radius 2 is 1.79 bits per heavy atom. The Labute approximate surface area is 108 Å². The highest BCUT2D eigenvalue weighted by molar-refractivity contribution is 7.87. The van der Waals surface area contributed by atoms with Crippen LogP contribution in [0.15, 0.2) is 36.5 Å². The van der Waals surface area contributed by atoms with Gasteiger partial charge in [0.1, 0.15) is 5.82 Å². The molecular weight excluding hydrogens is 275 g/mol. The Morgan fingerprint density at radius 1 is 1.21 bits per heavy atom. The van der Waals surface area contributed by atoms with Crippen molar-refractivity contribution < 1.29 is 22.7 Å². The van der Waals surface area contributed by atoms with Crippen LogP contribution in [0, 0.1) is 5.82 Å². The van der Waals surface area contributed by atoms with Crippen LogP contribution in [0.1, 0.15) is 10.5 Å². The van der Waals surface area contributed by atoms with E-state index in [0.29, 0.717) is 9.54 Å². The fraction of sp³-hybridized carbons (Fsp3) is 0. The van der Waals surface area contributed by atoms with E-state index < -0.39 is 27.7 Å². The molecule has 1 aromatic heterocycles. The average molecular weight is 283 g/mol. The third-order valence-corrected chi connectivity index (χ3v) is 3.33. The third kappa shape index (κ3) is 2.49. The van der Waals surface area contributed by atoms with Gasteiger partial charge >= 0.3 is 10.2 Å². The number of hydrogen-bond acceptors (Lipinski definition) is 4. The number of rotatable bonds is 3. The Bertz CT molecular complexity index is 735. The molecule has 19 heavy (non-hydrogen) atoms. The predicted molar refractivity (Wildman–Crippen MR) is 62.7 cm³/mol. The number of aromatic carboxylic acids is 1. The van der Waals surface area contributed by atoms with Gasteiger partial charge in [0.2, 0.25) is 0 Å². The normalized spacial score (nSPS) is 11.5. The van der Waals surface area contributed by atoms with Crippen molar-refractivity contribution in [3.63, 3.8) is 0 Å². The van der Waals surface area contributed by atoms with E-state index >= 15 is 0 Å². The van der Waals surface area contributed by atoms with Crippen molar-refractivity contribution in [1.82, 2.24) is 3.97 Å². The number of halogens is 1. The van der Waals surface area contributed by atoms with Crippen molar-refractivity contribution in [2.75, 3.05) is 0 Å². The van der Waals surface area contributed by atoms with Gasteiger partial charge < -0.3 is 9.90 Å². The quantitative estimate of drug-likeness (QED) is 0.835. The standard InChI is InChI=1S/C11H9FN2O4S/c12-8-3-1-7(2-4-8)9-5-6-14(19(13,17)18)10(9)11(15)16/h1-6H,(H,15,16)(H2,13,17,18)/p-1. The number of carbonyl (C=O) groups is 1. The summed E-state index contributed by atoms with van der Waals surface area (Å²) in [7, 11) is -4.25. The van der Waals surface area contributed by atoms with Crippen molar-refractivity contribution in [2.45, 2.75) is 0 Å². The fourth-order valence-electron chi connectivity index (χ4n) is 1.69. The van der Waals surface area contributed by atoms with Gasteiger partial charge in [0, 0.05) is 11.8 Å². The lowest BCUT2D eigenvalue weighted by Crippen LogP contribution is -2.31. The summed E-state index contributed by atoms with van der Waals surface area (Å²) in [5.74, 6) is -2.19. The van der Waals surface area contributed by atoms with Crippen LogP contribution in [0.4, 0.5) is 4.39 Å². The zero-order valence-electron chi connectivity index (χ0n) is 9.41. The van der Waals surface area contributed by atoms with Crippen LogP contribution in [0.5, 0.6) is 0 Å². The molecule has 6 nitrogen and oxygen atoms in total. The smallest absolute Gasteiger partial charge is 0.302 e. The van der Waals surface area contributed by atoms with E-state index in [4.69, 9.17) is 5.14 Å². The van der Waals surface area contributed by atoms with E-state index in [1.807, 2.05) is 0 Å². The van der Waals surface area contributed by atoms with Gasteiger partial charge in [0.15, 0.2) is 0 Å². The number of benzene rings is 1. The third-order valence-electron chi connectivity index (χ3n) is 2.47. The number of hydrogen-bond donors (Lipinski definition) is 1. The van der Waals surface area contributed by atoms with Gasteiger partial charge in [0.05, 0.1) is 11.7 Å². The zero-order valence-corrected chi connectivity index (χ0v) is 10.2. The molecule has 2 aromatic rings. The summed E-state index contributed by atoms with van der Waals surface area (Å²) in [6.45, 7) is 0. The minimum atomic E-state index is -4.25. The summed E-state index contributed by atoms with van der Waals surface area (Å²) in [5.41, 5.74) is -0.189. The number of carboxylic acid groups (broad SMARTS) is 1. The van der Waals surface area contributed by atoms with Crippen LogP contribution in [-0.2, 0) is 10.2 Å². The fourth-order valence-corrected chi connectivity index (χ4v) is 2.35. The van der Waals surface area contributed by atoms with Crippen molar-refractivity contribution in [3.8, 4) is 11.1 Å². The van der Waals surface area contributed by atoms with E-state index in [0.717, 1.165) is 18.3 Å². The highest BCUT2D eigenvalue weighted by Crippen LogP contribution is 2.25. The first kappa shape index (κ1) is 13.2. The lowest BCUT2D eigenvalue weighted by Gasteiger charge is -2.10. The number of carbonyl (C=O) groups excluding carboxylic acids is 1. The number of nitrogens with zero attached hydrogens (tertiary/aromatic N) is 1. The molecule has 0 aliphatic rings. The predicted octanol–water partition coefficient (Wildman–Crippen LogP) is -0.291. The van der Waals surface area contributed by atoms with E-state index in [1.165, 1.54) is 18.2 Å². The molecule has 0 fully saturated rings. The molecule has 0 aliphatic heterocycles. The van der Waals surface area contributed by atoms with Gasteiger partial charge in [-0.15, -0.1) is 0 Å². The lowest BCUT2D eigenvalue weighted by molar-refractivity contribution is -0.255. The van der Waals surface area contributed by atoms with Crippen LogP contribution in [-0.4, -0.2) is 18.4 Å². The molecule has 0 radical (unpaired) electrons. The van der Waals surface area contributed by atoms with Gasteiger partial charge in [-0.1, -0.05) is 12.1 Å². The van der Waals surface area contributed by atoms with Crippen LogP contribution < -0.4 is 10.2 Å². The second-order valence-electron chi connectivity index (χ2n) is 3.71. The van der Waals surface area contributed by atoms with Crippen LogP contribution in [0.2, 0.25) is 0 Å². The van der Waals surface area contributed by atoms with Crippen LogP contribution >= 0.6 is 0 Å². The average Bonchev–Trinajstić information content (AvgIpc) is 2.74. The first-order valence-corrected chi connectivity index (χ1v) is 6.53. The van der Waals surface area contributed by atoms with Crippen LogP contribution in [0.25, 0.3) is 11.1 Å². The van der Waals surface area contributed by atoms with Gasteiger partial charge in [-0.25, -0.2) is 13.5 Å². The largest absolute Gasteiger partial charge is 0.543 e. The van der Waals surface area contributed by atoms with Gasteiger partial charge in [-0.2, -0.15) is 8.42 Å². The maximum atomic E-state index is 12.8. The van der Waals surface area contributed by atoms with Crippen molar-refractivity contribution in [3.05, 3.63) is 48.0 Å². The van der Waals surface area contributed by atoms with E-state index in [-0.39, 0.29) is 5.56 Å². The lowest BCUT2D eigenvalue weighted by atomic mass is 10.1. The molecule has 0 aliphatic carbocycles. The summed E-state index contributed by atoms with van der Waals surface area (Å²) >= 11 is 0. The summed E-state index contributed by atoms with van der Waals surface area (Å²) in [4.78, 5) is 11.1. The van der Waals surface area contributed by atoms with Gasteiger partial charge in [-0.05, 0) is 23.8 Å². The van der Waals surface area contributed by atoms with Gasteiger partial charge in [-0.3, -0.25) is 0 Å². The van der Waals surface area contributed by atoms with E-state index in [2.05, 4.69) is 0 Å². The number of aromatic nitrogens is 1. The SMILES string of the molecule is NS(=O)(=O)n1ccc(-c2ccc(F)cc2)c1C(=O)[O-]. The molecule has 2 rings (SSSR count). The molecule has 2 N–H and O–H groups in total. The highest BCUT2D eigenvalue weighted by atomic mass is 32.2. The second-order valence-corrected chi connectivity index (χ2v) is 5.14. The number of carboxylic acids is 1. The number of nitrogens with two attached hydrogens (primary N) is 1. The van der Waals surface area contributed by atoms with E-state index in [1.54, 1.807) is 0 Å². The molecule has 0 atom stereocenters. The second kappa shape index (κ2) is 4.48. The van der Waals surface area contributed by atoms with Gasteiger partial charge in [0.25, 0.3) is 0 Å². The summed E-state index contributed by atoms with van der Waals surface area (Å²) in [6.07, 6.45) is 0.999.